The van der Waals surface area contributed by atoms with E-state index in [2.05, 4.69) is 10.4 Å². The van der Waals surface area contributed by atoms with Crippen LogP contribution in [0.2, 0.25) is 0 Å². The Bertz CT molecular complexity index is 1230. The van der Waals surface area contributed by atoms with Crippen molar-refractivity contribution in [2.75, 3.05) is 11.9 Å². The molecule has 1 heterocycles. The maximum absolute atomic E-state index is 13.9. The summed E-state index contributed by atoms with van der Waals surface area (Å²) in [6.07, 6.45) is 0.280. The standard InChI is InChI=1S/C27H31F3N4O5.ClH/c1-4-38-27(37)25(15(2)3)39-19-7-5-18(6-8-19)33-26(36)23-9-10-32-34(23)24(35)13-17(31)11-16-12-21(29)22(30)14-20(16)28;/h5-8,10,12,14-15,17,23,25H,4,9,11,13,31H2,1-3H3,(H,33,36);1H/t17-,23?,25+;/m1./s1. The lowest BCUT2D eigenvalue weighted by molar-refractivity contribution is -0.153. The normalized spacial score (nSPS) is 15.8. The number of benzene rings is 2. The van der Waals surface area contributed by atoms with Gasteiger partial charge < -0.3 is 20.5 Å². The minimum Gasteiger partial charge on any atom is -0.478 e. The lowest BCUT2D eigenvalue weighted by atomic mass is 10.0. The highest BCUT2D eigenvalue weighted by atomic mass is 35.5. The molecule has 1 aliphatic rings. The number of nitrogens with two attached hydrogens (primary N) is 1. The zero-order chi connectivity index (χ0) is 28.7. The van der Waals surface area contributed by atoms with Crippen molar-refractivity contribution >= 4 is 42.1 Å². The summed E-state index contributed by atoms with van der Waals surface area (Å²) in [7, 11) is 0. The number of anilines is 1. The zero-order valence-electron chi connectivity index (χ0n) is 22.2. The van der Waals surface area contributed by atoms with Gasteiger partial charge in [-0.3, -0.25) is 9.59 Å². The number of rotatable bonds is 11. The molecule has 0 saturated carbocycles. The van der Waals surface area contributed by atoms with E-state index in [-0.39, 0.29) is 49.8 Å². The molecule has 2 aromatic carbocycles. The van der Waals surface area contributed by atoms with E-state index in [0.717, 1.165) is 5.01 Å². The fourth-order valence-electron chi connectivity index (χ4n) is 3.93. The summed E-state index contributed by atoms with van der Waals surface area (Å²) in [5, 5.41) is 7.68. The van der Waals surface area contributed by atoms with Gasteiger partial charge in [-0.05, 0) is 49.2 Å². The van der Waals surface area contributed by atoms with E-state index in [1.54, 1.807) is 31.2 Å². The van der Waals surface area contributed by atoms with Gasteiger partial charge >= 0.3 is 5.97 Å². The molecule has 1 aliphatic heterocycles. The molecule has 3 N–H and O–H groups in total. The first-order valence-electron chi connectivity index (χ1n) is 12.5. The van der Waals surface area contributed by atoms with Crippen molar-refractivity contribution in [2.45, 2.75) is 58.2 Å². The molecular weight excluding hydrogens is 553 g/mol. The van der Waals surface area contributed by atoms with Crippen LogP contribution in [0.25, 0.3) is 0 Å². The van der Waals surface area contributed by atoms with Gasteiger partial charge in [-0.2, -0.15) is 5.10 Å². The Morgan fingerprint density at radius 1 is 1.10 bits per heavy atom. The minimum atomic E-state index is -1.32. The molecule has 0 aromatic heterocycles. The maximum atomic E-state index is 13.9. The Balaban J connectivity index is 0.00000560. The molecule has 1 unspecified atom stereocenters. The summed E-state index contributed by atoms with van der Waals surface area (Å²) >= 11 is 0. The molecule has 3 rings (SSSR count). The summed E-state index contributed by atoms with van der Waals surface area (Å²) in [5.41, 5.74) is 6.22. The zero-order valence-corrected chi connectivity index (χ0v) is 23.1. The number of amides is 2. The number of esters is 1. The Labute approximate surface area is 236 Å². The van der Waals surface area contributed by atoms with Gasteiger partial charge in [0.1, 0.15) is 17.6 Å². The van der Waals surface area contributed by atoms with Crippen molar-refractivity contribution in [3.8, 4) is 5.75 Å². The molecule has 2 aromatic rings. The monoisotopic (exact) mass is 584 g/mol. The molecular formula is C27H32ClF3N4O5. The van der Waals surface area contributed by atoms with Gasteiger partial charge in [0.25, 0.3) is 0 Å². The van der Waals surface area contributed by atoms with E-state index in [9.17, 15) is 27.6 Å². The predicted octanol–water partition coefficient (Wildman–Crippen LogP) is 3.98. The van der Waals surface area contributed by atoms with Crippen LogP contribution in [0.5, 0.6) is 5.75 Å². The number of halogens is 4. The first kappa shape index (κ1) is 32.6. The van der Waals surface area contributed by atoms with E-state index in [0.29, 0.717) is 23.6 Å². The number of nitrogens with zero attached hydrogens (tertiary/aromatic N) is 2. The van der Waals surface area contributed by atoms with Crippen molar-refractivity contribution in [1.29, 1.82) is 0 Å². The Hall–Kier alpha value is -3.64. The number of nitrogens with one attached hydrogen (secondary N) is 1. The van der Waals surface area contributed by atoms with Crippen molar-refractivity contribution < 1.29 is 37.0 Å². The fraction of sp³-hybridized carbons (Fsp3) is 0.407. The van der Waals surface area contributed by atoms with E-state index in [4.69, 9.17) is 15.2 Å². The molecule has 0 bridgehead atoms. The number of hydrogen-bond acceptors (Lipinski definition) is 7. The molecule has 218 valence electrons. The lowest BCUT2D eigenvalue weighted by Crippen LogP contribution is -2.43. The number of ether oxygens (including phenoxy) is 2. The highest BCUT2D eigenvalue weighted by Crippen LogP contribution is 2.22. The van der Waals surface area contributed by atoms with E-state index in [1.165, 1.54) is 6.21 Å². The average molecular weight is 585 g/mol. The van der Waals surface area contributed by atoms with Gasteiger partial charge in [-0.25, -0.2) is 23.0 Å². The molecule has 0 spiro atoms. The first-order chi connectivity index (χ1) is 18.5. The van der Waals surface area contributed by atoms with Crippen molar-refractivity contribution in [1.82, 2.24) is 5.01 Å². The maximum Gasteiger partial charge on any atom is 0.347 e. The van der Waals surface area contributed by atoms with Crippen LogP contribution in [-0.4, -0.2) is 53.8 Å². The molecule has 0 radical (unpaired) electrons. The molecule has 0 aliphatic carbocycles. The second-order valence-electron chi connectivity index (χ2n) is 9.36. The third-order valence-corrected chi connectivity index (χ3v) is 5.91. The Morgan fingerprint density at radius 3 is 2.38 bits per heavy atom. The molecule has 0 saturated heterocycles. The molecule has 40 heavy (non-hydrogen) atoms. The highest BCUT2D eigenvalue weighted by Gasteiger charge is 2.33. The molecule has 3 atom stereocenters. The molecule has 2 amide bonds. The van der Waals surface area contributed by atoms with Crippen LogP contribution < -0.4 is 15.8 Å². The van der Waals surface area contributed by atoms with Gasteiger partial charge in [0.15, 0.2) is 17.7 Å². The number of hydrogen-bond donors (Lipinski definition) is 2. The van der Waals surface area contributed by atoms with E-state index >= 15 is 0 Å². The summed E-state index contributed by atoms with van der Waals surface area (Å²) in [6.45, 7) is 5.61. The SMILES string of the molecule is CCOC(=O)[C@@H](Oc1ccc(NC(=O)C2CC=NN2C(=O)C[C@H](N)Cc2cc(F)c(F)cc2F)cc1)C(C)C.Cl. The largest absolute Gasteiger partial charge is 0.478 e. The Kier molecular flexibility index (Phi) is 11.9. The number of carbonyl (C=O) groups is 3. The first-order valence-corrected chi connectivity index (χ1v) is 12.5. The summed E-state index contributed by atoms with van der Waals surface area (Å²) < 4.78 is 51.4. The second-order valence-corrected chi connectivity index (χ2v) is 9.36. The van der Waals surface area contributed by atoms with Crippen LogP contribution in [0, 0.1) is 23.4 Å². The summed E-state index contributed by atoms with van der Waals surface area (Å²) in [6, 6.07) is 5.63. The third kappa shape index (κ3) is 8.43. The van der Waals surface area contributed by atoms with E-state index < -0.39 is 53.4 Å². The quantitative estimate of drug-likeness (QED) is 0.304. The third-order valence-electron chi connectivity index (χ3n) is 5.91. The van der Waals surface area contributed by atoms with Gasteiger partial charge in [-0.1, -0.05) is 13.8 Å². The van der Waals surface area contributed by atoms with Gasteiger partial charge in [0.05, 0.1) is 6.61 Å². The average Bonchev–Trinajstić information content (AvgIpc) is 3.37. The van der Waals surface area contributed by atoms with Crippen LogP contribution in [0.15, 0.2) is 41.5 Å². The van der Waals surface area contributed by atoms with Crippen LogP contribution >= 0.6 is 12.4 Å². The van der Waals surface area contributed by atoms with Crippen LogP contribution in [-0.2, 0) is 25.5 Å². The van der Waals surface area contributed by atoms with Crippen LogP contribution in [0.4, 0.5) is 18.9 Å². The summed E-state index contributed by atoms with van der Waals surface area (Å²) in [5.74, 6) is -4.77. The van der Waals surface area contributed by atoms with Gasteiger partial charge in [-0.15, -0.1) is 12.4 Å². The van der Waals surface area contributed by atoms with Crippen molar-refractivity contribution in [2.24, 2.45) is 16.8 Å². The van der Waals surface area contributed by atoms with Crippen molar-refractivity contribution in [3.05, 3.63) is 59.4 Å². The Morgan fingerprint density at radius 2 is 1.75 bits per heavy atom. The van der Waals surface area contributed by atoms with Gasteiger partial charge in [0.2, 0.25) is 11.8 Å². The number of hydrazone groups is 1. The molecule has 13 heteroatoms. The summed E-state index contributed by atoms with van der Waals surface area (Å²) in [4.78, 5) is 37.8. The molecule has 9 nitrogen and oxygen atoms in total. The number of carbonyl (C=O) groups excluding carboxylic acids is 3. The second kappa shape index (κ2) is 14.7. The lowest BCUT2D eigenvalue weighted by Gasteiger charge is -2.23. The topological polar surface area (TPSA) is 123 Å². The van der Waals surface area contributed by atoms with E-state index in [1.807, 2.05) is 13.8 Å². The van der Waals surface area contributed by atoms with Crippen LogP contribution in [0.1, 0.15) is 39.2 Å². The fourth-order valence-corrected chi connectivity index (χ4v) is 3.93. The molecule has 0 fully saturated rings. The van der Waals surface area contributed by atoms with Crippen molar-refractivity contribution in [3.63, 3.8) is 0 Å². The minimum absolute atomic E-state index is 0. The van der Waals surface area contributed by atoms with Crippen LogP contribution in [0.3, 0.4) is 0 Å². The van der Waals surface area contributed by atoms with Gasteiger partial charge in [0, 0.05) is 42.8 Å². The predicted molar refractivity (Wildman–Crippen MR) is 145 cm³/mol. The highest BCUT2D eigenvalue weighted by molar-refractivity contribution is 5.99. The smallest absolute Gasteiger partial charge is 0.347 e.